The summed E-state index contributed by atoms with van der Waals surface area (Å²) in [7, 11) is 0. The molecule has 0 aromatic rings. The summed E-state index contributed by atoms with van der Waals surface area (Å²) in [5.74, 6) is 0.0612. The summed E-state index contributed by atoms with van der Waals surface area (Å²) in [5, 5.41) is 0. The van der Waals surface area contributed by atoms with E-state index >= 15 is 0 Å². The average molecular weight is 331 g/mol. The van der Waals surface area contributed by atoms with Crippen molar-refractivity contribution >= 4 is 11.7 Å². The Hall–Kier alpha value is -1.88. The normalized spacial score (nSPS) is 22.9. The van der Waals surface area contributed by atoms with Crippen molar-refractivity contribution in [1.29, 1.82) is 0 Å². The molecule has 2 saturated heterocycles. The molecule has 5 heteroatoms. The van der Waals surface area contributed by atoms with Crippen LogP contribution in [0.3, 0.4) is 0 Å². The first-order valence-electron chi connectivity index (χ1n) is 8.80. The van der Waals surface area contributed by atoms with Gasteiger partial charge in [-0.15, -0.1) is 0 Å². The summed E-state index contributed by atoms with van der Waals surface area (Å²) in [5.41, 5.74) is 1.49. The Morgan fingerprint density at radius 3 is 2.54 bits per heavy atom. The Bertz CT molecular complexity index is 561. The maximum absolute atomic E-state index is 12.4. The zero-order valence-corrected chi connectivity index (χ0v) is 15.1. The van der Waals surface area contributed by atoms with Gasteiger partial charge in [0.2, 0.25) is 5.91 Å². The lowest BCUT2D eigenvalue weighted by Crippen LogP contribution is -2.51. The molecule has 0 saturated carbocycles. The number of carbonyl (C=O) groups excluding carboxylic acids is 2. The minimum Gasteiger partial charge on any atom is -0.337 e. The fraction of sp³-hybridized carbons (Fsp3) is 0.579. The number of allylic oxidation sites excluding steroid dienone is 2. The van der Waals surface area contributed by atoms with Gasteiger partial charge in [-0.05, 0) is 32.9 Å². The molecular formula is C19H29N3O2. The summed E-state index contributed by atoms with van der Waals surface area (Å²) < 4.78 is 0. The van der Waals surface area contributed by atoms with E-state index in [1.165, 1.54) is 6.42 Å². The van der Waals surface area contributed by atoms with Gasteiger partial charge < -0.3 is 9.80 Å². The van der Waals surface area contributed by atoms with Gasteiger partial charge in [-0.25, -0.2) is 0 Å². The van der Waals surface area contributed by atoms with E-state index in [0.717, 1.165) is 31.8 Å². The number of Topliss-reactive ketones (excluding diaryl/α,β-unsaturated/α-hetero) is 1. The molecule has 0 bridgehead atoms. The van der Waals surface area contributed by atoms with Crippen LogP contribution in [0.15, 0.2) is 36.2 Å². The van der Waals surface area contributed by atoms with Crippen molar-refractivity contribution < 1.29 is 9.59 Å². The van der Waals surface area contributed by atoms with Gasteiger partial charge in [0.05, 0.1) is 12.2 Å². The van der Waals surface area contributed by atoms with E-state index in [1.54, 1.807) is 17.9 Å². The minimum absolute atomic E-state index is 0.0204. The lowest BCUT2D eigenvalue weighted by molar-refractivity contribution is -0.127. The first kappa shape index (κ1) is 18.5. The van der Waals surface area contributed by atoms with Gasteiger partial charge in [0.1, 0.15) is 0 Å². The fourth-order valence-corrected chi connectivity index (χ4v) is 3.23. The number of nitrogens with zero attached hydrogens (tertiary/aromatic N) is 3. The maximum atomic E-state index is 12.4. The first-order valence-corrected chi connectivity index (χ1v) is 8.80. The van der Waals surface area contributed by atoms with Gasteiger partial charge in [0, 0.05) is 37.8 Å². The summed E-state index contributed by atoms with van der Waals surface area (Å²) >= 11 is 0. The third-order valence-corrected chi connectivity index (χ3v) is 4.54. The van der Waals surface area contributed by atoms with E-state index in [2.05, 4.69) is 11.5 Å². The van der Waals surface area contributed by atoms with Crippen LogP contribution < -0.4 is 0 Å². The second-order valence-electron chi connectivity index (χ2n) is 6.61. The number of rotatable bonds is 6. The SMILES string of the molecule is C=C1CN(C(=O)/C=C/CN2CCC2)CC(C)N1/C(=C\CC)C(C)=O. The Balaban J connectivity index is 1.98. The molecule has 2 aliphatic heterocycles. The van der Waals surface area contributed by atoms with Gasteiger partial charge in [-0.2, -0.15) is 0 Å². The van der Waals surface area contributed by atoms with Crippen LogP contribution >= 0.6 is 0 Å². The van der Waals surface area contributed by atoms with Crippen LogP contribution in [0.4, 0.5) is 0 Å². The predicted molar refractivity (Wildman–Crippen MR) is 96.3 cm³/mol. The van der Waals surface area contributed by atoms with E-state index in [4.69, 9.17) is 0 Å². The van der Waals surface area contributed by atoms with E-state index in [9.17, 15) is 9.59 Å². The molecule has 0 aromatic heterocycles. The molecule has 2 aliphatic rings. The Labute approximate surface area is 145 Å². The van der Waals surface area contributed by atoms with Crippen molar-refractivity contribution in [2.45, 2.75) is 39.7 Å². The summed E-state index contributed by atoms with van der Waals surface area (Å²) in [6.07, 6.45) is 7.60. The summed E-state index contributed by atoms with van der Waals surface area (Å²) in [6.45, 7) is 13.9. The van der Waals surface area contributed by atoms with Crippen molar-refractivity contribution in [3.63, 3.8) is 0 Å². The quantitative estimate of drug-likeness (QED) is 0.700. The zero-order valence-electron chi connectivity index (χ0n) is 15.1. The van der Waals surface area contributed by atoms with Crippen molar-refractivity contribution in [1.82, 2.24) is 14.7 Å². The van der Waals surface area contributed by atoms with E-state index in [-0.39, 0.29) is 17.7 Å². The number of carbonyl (C=O) groups is 2. The van der Waals surface area contributed by atoms with Crippen LogP contribution in [-0.2, 0) is 9.59 Å². The van der Waals surface area contributed by atoms with Crippen LogP contribution in [0.25, 0.3) is 0 Å². The highest BCUT2D eigenvalue weighted by atomic mass is 16.2. The van der Waals surface area contributed by atoms with Crippen molar-refractivity contribution in [3.05, 3.63) is 36.2 Å². The Kier molecular flexibility index (Phi) is 6.37. The molecule has 2 heterocycles. The largest absolute Gasteiger partial charge is 0.337 e. The highest BCUT2D eigenvalue weighted by molar-refractivity contribution is 5.93. The average Bonchev–Trinajstić information content (AvgIpc) is 2.47. The molecule has 0 radical (unpaired) electrons. The van der Waals surface area contributed by atoms with Crippen molar-refractivity contribution in [2.75, 3.05) is 32.7 Å². The molecule has 1 unspecified atom stereocenters. The van der Waals surface area contributed by atoms with Crippen LogP contribution in [0.5, 0.6) is 0 Å². The third-order valence-electron chi connectivity index (χ3n) is 4.54. The lowest BCUT2D eigenvalue weighted by Gasteiger charge is -2.43. The van der Waals surface area contributed by atoms with E-state index < -0.39 is 0 Å². The molecule has 24 heavy (non-hydrogen) atoms. The van der Waals surface area contributed by atoms with Crippen molar-refractivity contribution in [3.8, 4) is 0 Å². The molecule has 1 amide bonds. The number of hydrogen-bond acceptors (Lipinski definition) is 4. The van der Waals surface area contributed by atoms with Crippen LogP contribution in [0.1, 0.15) is 33.6 Å². The lowest BCUT2D eigenvalue weighted by atomic mass is 10.1. The smallest absolute Gasteiger partial charge is 0.246 e. The van der Waals surface area contributed by atoms with Gasteiger partial charge in [-0.1, -0.05) is 25.7 Å². The molecule has 2 fully saturated rings. The molecule has 0 aromatic carbocycles. The topological polar surface area (TPSA) is 43.9 Å². The van der Waals surface area contributed by atoms with E-state index in [1.807, 2.05) is 30.9 Å². The fourth-order valence-electron chi connectivity index (χ4n) is 3.23. The van der Waals surface area contributed by atoms with Gasteiger partial charge in [0.15, 0.2) is 5.78 Å². The highest BCUT2D eigenvalue weighted by Crippen LogP contribution is 2.24. The number of amides is 1. The molecule has 0 spiro atoms. The number of ketones is 1. The number of piperazine rings is 1. The summed E-state index contributed by atoms with van der Waals surface area (Å²) in [4.78, 5) is 30.4. The van der Waals surface area contributed by atoms with Crippen LogP contribution in [0.2, 0.25) is 0 Å². The van der Waals surface area contributed by atoms with Crippen LogP contribution in [0, 0.1) is 0 Å². The molecule has 0 N–H and O–H groups in total. The zero-order chi connectivity index (χ0) is 17.7. The highest BCUT2D eigenvalue weighted by Gasteiger charge is 2.31. The number of likely N-dealkylation sites (tertiary alicyclic amines) is 1. The molecule has 0 aliphatic carbocycles. The van der Waals surface area contributed by atoms with Gasteiger partial charge in [0.25, 0.3) is 0 Å². The first-order chi connectivity index (χ1) is 11.4. The van der Waals surface area contributed by atoms with Crippen LogP contribution in [-0.4, -0.2) is 65.2 Å². The summed E-state index contributed by atoms with van der Waals surface area (Å²) in [6, 6.07) is 0.0423. The van der Waals surface area contributed by atoms with Crippen molar-refractivity contribution in [2.24, 2.45) is 0 Å². The van der Waals surface area contributed by atoms with Gasteiger partial charge in [-0.3, -0.25) is 14.5 Å². The standard InChI is InChI=1S/C19H29N3O2/c1-5-8-18(17(4)23)22-15(2)13-21(14-16(22)3)19(24)9-6-10-20-11-7-12-20/h6,8-9,16H,2,5,7,10-14H2,1,3-4H3/b9-6+,18-8-. The Morgan fingerprint density at radius 2 is 2.04 bits per heavy atom. The second kappa shape index (κ2) is 8.29. The maximum Gasteiger partial charge on any atom is 0.246 e. The molecular weight excluding hydrogens is 302 g/mol. The monoisotopic (exact) mass is 331 g/mol. The molecule has 2 rings (SSSR count). The molecule has 1 atom stereocenters. The third kappa shape index (κ3) is 4.35. The van der Waals surface area contributed by atoms with Gasteiger partial charge >= 0.3 is 0 Å². The van der Waals surface area contributed by atoms with E-state index in [0.29, 0.717) is 18.8 Å². The molecule has 5 nitrogen and oxygen atoms in total. The minimum atomic E-state index is 0.0204. The number of hydrogen-bond donors (Lipinski definition) is 0. The predicted octanol–water partition coefficient (Wildman–Crippen LogP) is 2.18. The Morgan fingerprint density at radius 1 is 1.33 bits per heavy atom. The second-order valence-corrected chi connectivity index (χ2v) is 6.61. The molecule has 132 valence electrons.